The van der Waals surface area contributed by atoms with E-state index in [1.807, 2.05) is 19.1 Å². The van der Waals surface area contributed by atoms with Gasteiger partial charge in [0.1, 0.15) is 5.60 Å². The van der Waals surface area contributed by atoms with Crippen molar-refractivity contribution in [2.24, 2.45) is 5.92 Å². The molecule has 1 aliphatic rings. The largest absolute Gasteiger partial charge is 0.383 e. The van der Waals surface area contributed by atoms with Crippen molar-refractivity contribution in [1.82, 2.24) is 5.32 Å². The first-order valence-corrected chi connectivity index (χ1v) is 4.89. The second-order valence-corrected chi connectivity index (χ2v) is 3.80. The summed E-state index contributed by atoms with van der Waals surface area (Å²) in [6, 6.07) is 0. The van der Waals surface area contributed by atoms with E-state index in [0.29, 0.717) is 12.1 Å². The number of allylic oxidation sites excluding steroid dienone is 2. The predicted molar refractivity (Wildman–Crippen MR) is 55.4 cm³/mol. The van der Waals surface area contributed by atoms with Crippen molar-refractivity contribution in [2.75, 3.05) is 0 Å². The Balaban J connectivity index is 2.81. The Morgan fingerprint density at radius 1 is 1.71 bits per heavy atom. The van der Waals surface area contributed by atoms with Crippen LogP contribution in [0.15, 0.2) is 23.9 Å². The van der Waals surface area contributed by atoms with Crippen molar-refractivity contribution in [1.29, 1.82) is 0 Å². The second kappa shape index (κ2) is 3.96. The van der Waals surface area contributed by atoms with Crippen LogP contribution in [0.5, 0.6) is 0 Å². The van der Waals surface area contributed by atoms with Crippen molar-refractivity contribution in [2.45, 2.75) is 32.8 Å². The van der Waals surface area contributed by atoms with E-state index in [1.165, 1.54) is 0 Å². The maximum Gasteiger partial charge on any atom is 0.223 e. The van der Waals surface area contributed by atoms with E-state index >= 15 is 0 Å². The molecule has 0 saturated carbocycles. The lowest BCUT2D eigenvalue weighted by atomic mass is 9.84. The molecule has 0 aromatic rings. The minimum atomic E-state index is -0.973. The van der Waals surface area contributed by atoms with Crippen LogP contribution in [0.1, 0.15) is 27.2 Å². The predicted octanol–water partition coefficient (Wildman–Crippen LogP) is 1.35. The average molecular weight is 195 g/mol. The highest BCUT2D eigenvalue weighted by Crippen LogP contribution is 2.28. The van der Waals surface area contributed by atoms with E-state index < -0.39 is 5.60 Å². The molecule has 0 aromatic heterocycles. The van der Waals surface area contributed by atoms with E-state index in [1.54, 1.807) is 19.9 Å². The monoisotopic (exact) mass is 195 g/mol. The summed E-state index contributed by atoms with van der Waals surface area (Å²) in [5, 5.41) is 12.8. The summed E-state index contributed by atoms with van der Waals surface area (Å²) in [6.45, 7) is 5.41. The Hall–Kier alpha value is -1.09. The van der Waals surface area contributed by atoms with Crippen molar-refractivity contribution in [3.05, 3.63) is 23.9 Å². The fraction of sp³-hybridized carbons (Fsp3) is 0.545. The van der Waals surface area contributed by atoms with Crippen molar-refractivity contribution < 1.29 is 9.90 Å². The van der Waals surface area contributed by atoms with Crippen LogP contribution in [-0.4, -0.2) is 16.6 Å². The maximum absolute atomic E-state index is 11.2. The lowest BCUT2D eigenvalue weighted by Crippen LogP contribution is -2.43. The van der Waals surface area contributed by atoms with Gasteiger partial charge in [-0.25, -0.2) is 0 Å². The number of hydrogen-bond acceptors (Lipinski definition) is 2. The number of carbonyl (C=O) groups excluding carboxylic acids is 1. The molecule has 0 saturated heterocycles. The van der Waals surface area contributed by atoms with Crippen LogP contribution < -0.4 is 5.32 Å². The van der Waals surface area contributed by atoms with Gasteiger partial charge in [-0.1, -0.05) is 26.0 Å². The molecule has 3 nitrogen and oxygen atoms in total. The first kappa shape index (κ1) is 11.0. The van der Waals surface area contributed by atoms with E-state index in [9.17, 15) is 9.90 Å². The van der Waals surface area contributed by atoms with Crippen LogP contribution in [0.25, 0.3) is 0 Å². The third-order valence-electron chi connectivity index (χ3n) is 2.69. The highest BCUT2D eigenvalue weighted by atomic mass is 16.3. The molecule has 0 spiro atoms. The van der Waals surface area contributed by atoms with Crippen LogP contribution in [0.3, 0.4) is 0 Å². The van der Waals surface area contributed by atoms with E-state index in [0.717, 1.165) is 0 Å². The van der Waals surface area contributed by atoms with Crippen LogP contribution in [0.2, 0.25) is 0 Å². The number of rotatable bonds is 2. The Morgan fingerprint density at radius 3 is 2.93 bits per heavy atom. The van der Waals surface area contributed by atoms with Crippen molar-refractivity contribution >= 4 is 5.91 Å². The molecule has 2 N–H and O–H groups in total. The molecule has 2 atom stereocenters. The molecule has 3 heteroatoms. The Labute approximate surface area is 84.5 Å². The van der Waals surface area contributed by atoms with E-state index in [4.69, 9.17) is 0 Å². The van der Waals surface area contributed by atoms with Crippen LogP contribution in [-0.2, 0) is 4.79 Å². The minimum absolute atomic E-state index is 0.0136. The van der Waals surface area contributed by atoms with Gasteiger partial charge >= 0.3 is 0 Å². The van der Waals surface area contributed by atoms with Crippen LogP contribution in [0.4, 0.5) is 0 Å². The normalized spacial score (nSPS) is 31.1. The number of amides is 1. The smallest absolute Gasteiger partial charge is 0.223 e. The van der Waals surface area contributed by atoms with Gasteiger partial charge in [0.05, 0.1) is 0 Å². The molecule has 0 aliphatic heterocycles. The zero-order chi connectivity index (χ0) is 10.8. The lowest BCUT2D eigenvalue weighted by Gasteiger charge is -2.33. The lowest BCUT2D eigenvalue weighted by molar-refractivity contribution is -0.120. The fourth-order valence-electron chi connectivity index (χ4n) is 1.33. The van der Waals surface area contributed by atoms with Crippen molar-refractivity contribution in [3.8, 4) is 0 Å². The van der Waals surface area contributed by atoms with Gasteiger partial charge in [-0.2, -0.15) is 0 Å². The van der Waals surface area contributed by atoms with Gasteiger partial charge in [0.15, 0.2) is 0 Å². The molecule has 0 heterocycles. The highest BCUT2D eigenvalue weighted by Gasteiger charge is 2.33. The SMILES string of the molecule is CCC(=O)NC1=CC=CC(C)C1(C)O. The molecule has 78 valence electrons. The molecule has 0 fully saturated rings. The Morgan fingerprint density at radius 2 is 2.36 bits per heavy atom. The molecular weight excluding hydrogens is 178 g/mol. The zero-order valence-electron chi connectivity index (χ0n) is 8.87. The van der Waals surface area contributed by atoms with Gasteiger partial charge in [-0.15, -0.1) is 0 Å². The molecule has 0 radical (unpaired) electrons. The first-order valence-electron chi connectivity index (χ1n) is 4.89. The average Bonchev–Trinajstić information content (AvgIpc) is 2.13. The molecular formula is C11H17NO2. The van der Waals surface area contributed by atoms with Crippen LogP contribution >= 0.6 is 0 Å². The molecule has 1 aliphatic carbocycles. The number of nitrogens with one attached hydrogen (secondary N) is 1. The topological polar surface area (TPSA) is 49.3 Å². The standard InChI is InChI=1S/C11H17NO2/c1-4-10(13)12-9-7-5-6-8(2)11(9,3)14/h5-8,14H,4H2,1-3H3,(H,12,13). The summed E-state index contributed by atoms with van der Waals surface area (Å²) in [7, 11) is 0. The fourth-order valence-corrected chi connectivity index (χ4v) is 1.33. The summed E-state index contributed by atoms with van der Waals surface area (Å²) in [5.74, 6) is -0.0568. The second-order valence-electron chi connectivity index (χ2n) is 3.80. The third-order valence-corrected chi connectivity index (χ3v) is 2.69. The van der Waals surface area contributed by atoms with Gasteiger partial charge in [0, 0.05) is 18.0 Å². The van der Waals surface area contributed by atoms with Gasteiger partial charge < -0.3 is 10.4 Å². The summed E-state index contributed by atoms with van der Waals surface area (Å²) in [4.78, 5) is 11.2. The Kier molecular flexibility index (Phi) is 3.11. The minimum Gasteiger partial charge on any atom is -0.383 e. The third kappa shape index (κ3) is 2.04. The summed E-state index contributed by atoms with van der Waals surface area (Å²) < 4.78 is 0. The maximum atomic E-state index is 11.2. The van der Waals surface area contributed by atoms with Crippen LogP contribution in [0, 0.1) is 5.92 Å². The summed E-state index contributed by atoms with van der Waals surface area (Å²) >= 11 is 0. The number of hydrogen-bond donors (Lipinski definition) is 2. The molecule has 1 rings (SSSR count). The van der Waals surface area contributed by atoms with Gasteiger partial charge in [0.2, 0.25) is 5.91 Å². The Bertz CT molecular complexity index is 290. The van der Waals surface area contributed by atoms with E-state index in [-0.39, 0.29) is 11.8 Å². The summed E-state index contributed by atoms with van der Waals surface area (Å²) in [5.41, 5.74) is -0.390. The number of aliphatic hydroxyl groups is 1. The van der Waals surface area contributed by atoms with Gasteiger partial charge in [-0.05, 0) is 13.0 Å². The van der Waals surface area contributed by atoms with E-state index in [2.05, 4.69) is 5.32 Å². The number of carbonyl (C=O) groups is 1. The quantitative estimate of drug-likeness (QED) is 0.698. The molecule has 1 amide bonds. The van der Waals surface area contributed by atoms with Gasteiger partial charge in [-0.3, -0.25) is 4.79 Å². The summed E-state index contributed by atoms with van der Waals surface area (Å²) in [6.07, 6.45) is 5.94. The molecule has 2 unspecified atom stereocenters. The van der Waals surface area contributed by atoms with Gasteiger partial charge in [0.25, 0.3) is 0 Å². The molecule has 0 bridgehead atoms. The molecule has 0 aromatic carbocycles. The molecule has 14 heavy (non-hydrogen) atoms. The highest BCUT2D eigenvalue weighted by molar-refractivity contribution is 5.78. The van der Waals surface area contributed by atoms with Crippen molar-refractivity contribution in [3.63, 3.8) is 0 Å². The zero-order valence-corrected chi connectivity index (χ0v) is 8.87. The first-order chi connectivity index (χ1) is 6.48.